The average molecular weight is 212 g/mol. The predicted molar refractivity (Wildman–Crippen MR) is 53.0 cm³/mol. The van der Waals surface area contributed by atoms with Crippen LogP contribution in [0.1, 0.15) is 25.7 Å². The number of carbonyl (C=O) groups is 2. The molecule has 0 spiro atoms. The molecule has 2 amide bonds. The third-order valence-corrected chi connectivity index (χ3v) is 3.28. The number of amides is 2. The number of nitrogens with zero attached hydrogens (tertiary/aromatic N) is 1. The summed E-state index contributed by atoms with van der Waals surface area (Å²) >= 11 is 0. The zero-order chi connectivity index (χ0) is 11.0. The summed E-state index contributed by atoms with van der Waals surface area (Å²) in [5.41, 5.74) is 0. The highest BCUT2D eigenvalue weighted by Gasteiger charge is 2.38. The molecule has 0 aromatic heterocycles. The van der Waals surface area contributed by atoms with Gasteiger partial charge in [0.1, 0.15) is 0 Å². The van der Waals surface area contributed by atoms with Crippen LogP contribution in [-0.2, 0) is 9.59 Å². The Morgan fingerprint density at radius 3 is 2.60 bits per heavy atom. The molecule has 1 saturated carbocycles. The lowest BCUT2D eigenvalue weighted by Crippen LogP contribution is -2.46. The van der Waals surface area contributed by atoms with E-state index in [2.05, 4.69) is 5.32 Å². The fraction of sp³-hybridized carbons (Fsp3) is 0.800. The van der Waals surface area contributed by atoms with E-state index in [1.54, 1.807) is 0 Å². The lowest BCUT2D eigenvalue weighted by Gasteiger charge is -2.19. The Balaban J connectivity index is 1.95. The molecule has 2 fully saturated rings. The summed E-state index contributed by atoms with van der Waals surface area (Å²) in [6, 6.07) is -0.460. The molecule has 1 aliphatic heterocycles. The van der Waals surface area contributed by atoms with Gasteiger partial charge in [-0.15, -0.1) is 0 Å². The second kappa shape index (κ2) is 3.90. The first-order valence-corrected chi connectivity index (χ1v) is 5.34. The van der Waals surface area contributed by atoms with E-state index in [9.17, 15) is 14.7 Å². The number of carbonyl (C=O) groups excluding carboxylic acids is 2. The number of aliphatic hydroxyl groups excluding tert-OH is 1. The number of nitrogens with one attached hydrogen (secondary N) is 1. The van der Waals surface area contributed by atoms with Crippen LogP contribution in [0.3, 0.4) is 0 Å². The van der Waals surface area contributed by atoms with Crippen molar-refractivity contribution >= 4 is 11.8 Å². The summed E-state index contributed by atoms with van der Waals surface area (Å²) in [7, 11) is 1.50. The highest BCUT2D eigenvalue weighted by molar-refractivity contribution is 6.05. The minimum atomic E-state index is -0.430. The van der Waals surface area contributed by atoms with E-state index in [-0.39, 0.29) is 30.4 Å². The summed E-state index contributed by atoms with van der Waals surface area (Å²) in [5.74, 6) is -0.330. The van der Waals surface area contributed by atoms with Gasteiger partial charge in [-0.25, -0.2) is 0 Å². The van der Waals surface area contributed by atoms with E-state index >= 15 is 0 Å². The van der Waals surface area contributed by atoms with Gasteiger partial charge < -0.3 is 10.4 Å². The minimum Gasteiger partial charge on any atom is -0.392 e. The van der Waals surface area contributed by atoms with Crippen LogP contribution in [0.25, 0.3) is 0 Å². The van der Waals surface area contributed by atoms with Crippen LogP contribution in [0, 0.1) is 0 Å². The Bertz CT molecular complexity index is 292. The van der Waals surface area contributed by atoms with E-state index < -0.39 is 6.04 Å². The fourth-order valence-corrected chi connectivity index (χ4v) is 2.28. The molecule has 0 aromatic rings. The Hall–Kier alpha value is -0.940. The molecule has 3 atom stereocenters. The molecule has 1 aliphatic carbocycles. The monoisotopic (exact) mass is 212 g/mol. The van der Waals surface area contributed by atoms with Crippen molar-refractivity contribution in [3.05, 3.63) is 0 Å². The largest absolute Gasteiger partial charge is 0.392 e. The Morgan fingerprint density at radius 2 is 2.13 bits per heavy atom. The van der Waals surface area contributed by atoms with E-state index in [0.29, 0.717) is 0 Å². The van der Waals surface area contributed by atoms with Gasteiger partial charge in [-0.3, -0.25) is 14.5 Å². The maximum absolute atomic E-state index is 11.6. The third-order valence-electron chi connectivity index (χ3n) is 3.28. The molecule has 5 nitrogen and oxygen atoms in total. The number of hydrogen-bond acceptors (Lipinski definition) is 4. The first-order valence-electron chi connectivity index (χ1n) is 5.34. The Labute approximate surface area is 88.4 Å². The van der Waals surface area contributed by atoms with Crippen molar-refractivity contribution in [2.45, 2.75) is 43.9 Å². The molecule has 2 N–H and O–H groups in total. The minimum absolute atomic E-state index is 0.0294. The van der Waals surface area contributed by atoms with Crippen molar-refractivity contribution in [2.24, 2.45) is 0 Å². The molecular formula is C10H16N2O3. The second-order valence-electron chi connectivity index (χ2n) is 4.32. The maximum Gasteiger partial charge on any atom is 0.246 e. The van der Waals surface area contributed by atoms with Crippen LogP contribution in [0.4, 0.5) is 0 Å². The number of rotatable bonds is 2. The van der Waals surface area contributed by atoms with Crippen molar-refractivity contribution < 1.29 is 14.7 Å². The van der Waals surface area contributed by atoms with E-state index in [1.807, 2.05) is 0 Å². The molecule has 2 aliphatic rings. The van der Waals surface area contributed by atoms with Gasteiger partial charge in [-0.1, -0.05) is 0 Å². The number of hydrogen-bond donors (Lipinski definition) is 2. The molecular weight excluding hydrogens is 196 g/mol. The zero-order valence-electron chi connectivity index (χ0n) is 8.77. The van der Waals surface area contributed by atoms with E-state index in [4.69, 9.17) is 0 Å². The average Bonchev–Trinajstić information content (AvgIpc) is 2.69. The fourth-order valence-electron chi connectivity index (χ4n) is 2.28. The Kier molecular flexibility index (Phi) is 2.75. The summed E-state index contributed by atoms with van der Waals surface area (Å²) in [6.45, 7) is 0. The Morgan fingerprint density at radius 1 is 1.40 bits per heavy atom. The third kappa shape index (κ3) is 1.89. The van der Waals surface area contributed by atoms with Crippen molar-refractivity contribution in [3.63, 3.8) is 0 Å². The van der Waals surface area contributed by atoms with Crippen LogP contribution in [-0.4, -0.2) is 47.1 Å². The molecule has 0 aromatic carbocycles. The summed E-state index contributed by atoms with van der Waals surface area (Å²) in [4.78, 5) is 24.0. The SMILES string of the molecule is CN1C(=O)CC(N[C@H]2CCC[C@@H]2O)C1=O. The quantitative estimate of drug-likeness (QED) is 0.591. The molecule has 1 heterocycles. The zero-order valence-corrected chi connectivity index (χ0v) is 8.77. The van der Waals surface area contributed by atoms with Crippen molar-refractivity contribution in [1.82, 2.24) is 10.2 Å². The topological polar surface area (TPSA) is 69.6 Å². The molecule has 2 rings (SSSR count). The number of likely N-dealkylation sites (tertiary alicyclic amines) is 1. The molecule has 1 unspecified atom stereocenters. The normalized spacial score (nSPS) is 36.7. The van der Waals surface area contributed by atoms with E-state index in [1.165, 1.54) is 7.05 Å². The summed E-state index contributed by atoms with van der Waals surface area (Å²) < 4.78 is 0. The van der Waals surface area contributed by atoms with Crippen molar-refractivity contribution in [1.29, 1.82) is 0 Å². The van der Waals surface area contributed by atoms with Gasteiger partial charge >= 0.3 is 0 Å². The lowest BCUT2D eigenvalue weighted by molar-refractivity contribution is -0.137. The van der Waals surface area contributed by atoms with Gasteiger partial charge in [0.15, 0.2) is 0 Å². The molecule has 84 valence electrons. The summed E-state index contributed by atoms with van der Waals surface area (Å²) in [5, 5.41) is 12.7. The van der Waals surface area contributed by atoms with Crippen molar-refractivity contribution in [2.75, 3.05) is 7.05 Å². The summed E-state index contributed by atoms with van der Waals surface area (Å²) in [6.07, 6.45) is 2.48. The lowest BCUT2D eigenvalue weighted by atomic mass is 10.1. The molecule has 15 heavy (non-hydrogen) atoms. The van der Waals surface area contributed by atoms with Gasteiger partial charge in [0.25, 0.3) is 0 Å². The second-order valence-corrected chi connectivity index (χ2v) is 4.32. The molecule has 0 bridgehead atoms. The maximum atomic E-state index is 11.6. The van der Waals surface area contributed by atoms with Crippen LogP contribution in [0.15, 0.2) is 0 Å². The first kappa shape index (κ1) is 10.6. The highest BCUT2D eigenvalue weighted by Crippen LogP contribution is 2.21. The predicted octanol–water partition coefficient (Wildman–Crippen LogP) is -0.753. The highest BCUT2D eigenvalue weighted by atomic mass is 16.3. The van der Waals surface area contributed by atoms with Crippen molar-refractivity contribution in [3.8, 4) is 0 Å². The van der Waals surface area contributed by atoms with Crippen LogP contribution < -0.4 is 5.32 Å². The van der Waals surface area contributed by atoms with Crippen LogP contribution in [0.5, 0.6) is 0 Å². The number of aliphatic hydroxyl groups is 1. The number of likely N-dealkylation sites (N-methyl/N-ethyl adjacent to an activating group) is 1. The van der Waals surface area contributed by atoms with Gasteiger partial charge in [0.05, 0.1) is 18.6 Å². The smallest absolute Gasteiger partial charge is 0.246 e. The molecule has 0 radical (unpaired) electrons. The van der Waals surface area contributed by atoms with Crippen LogP contribution in [0.2, 0.25) is 0 Å². The first-order chi connectivity index (χ1) is 7.09. The standard InChI is InChI=1S/C10H16N2O3/c1-12-9(14)5-7(10(12)15)11-6-3-2-4-8(6)13/h6-8,11,13H,2-5H2,1H3/t6-,7?,8-/m0/s1. The van der Waals surface area contributed by atoms with Crippen LogP contribution >= 0.6 is 0 Å². The number of imide groups is 1. The van der Waals surface area contributed by atoms with Gasteiger partial charge in [0.2, 0.25) is 11.8 Å². The van der Waals surface area contributed by atoms with Gasteiger partial charge in [0, 0.05) is 13.1 Å². The van der Waals surface area contributed by atoms with Gasteiger partial charge in [-0.2, -0.15) is 0 Å². The van der Waals surface area contributed by atoms with Gasteiger partial charge in [-0.05, 0) is 19.3 Å². The molecule has 1 saturated heterocycles. The molecule has 5 heteroatoms. The van der Waals surface area contributed by atoms with E-state index in [0.717, 1.165) is 24.2 Å².